The fourth-order valence-corrected chi connectivity index (χ4v) is 7.97. The summed E-state index contributed by atoms with van der Waals surface area (Å²) < 4.78 is 0. The molecule has 2 aliphatic heterocycles. The Labute approximate surface area is 295 Å². The van der Waals surface area contributed by atoms with Gasteiger partial charge in [0.05, 0.1) is 22.4 Å². The highest BCUT2D eigenvalue weighted by molar-refractivity contribution is 6.13. The van der Waals surface area contributed by atoms with E-state index in [9.17, 15) is 0 Å². The Morgan fingerprint density at radius 1 is 0.360 bits per heavy atom. The number of rotatable bonds is 6. The Kier molecular flexibility index (Phi) is 8.22. The van der Waals surface area contributed by atoms with Crippen molar-refractivity contribution in [2.75, 3.05) is 36.0 Å². The standard InChI is InChI=1S/C46H42N4/c1-5-13-35(14-6-1)43-31-41(33-17-21-37(22-18-33)49-27-9-3-10-28-49)39-25-26-40-42(34-19-23-38(24-20-34)50-29-11-4-12-30-50)32-44(36-15-7-2-8-16-36)48-46(40)45(39)47-43/h1-2,5-8,13-26,31-32H,3-4,9-12,27-30H2. The van der Waals surface area contributed by atoms with Crippen LogP contribution in [0.3, 0.4) is 0 Å². The molecule has 0 atom stereocenters. The van der Waals surface area contributed by atoms with Crippen molar-refractivity contribution in [2.45, 2.75) is 38.5 Å². The van der Waals surface area contributed by atoms with Crippen LogP contribution in [0.1, 0.15) is 38.5 Å². The van der Waals surface area contributed by atoms with Gasteiger partial charge in [-0.05, 0) is 97.2 Å². The molecule has 7 aromatic rings. The van der Waals surface area contributed by atoms with E-state index in [1.165, 1.54) is 72.2 Å². The number of anilines is 2. The monoisotopic (exact) mass is 650 g/mol. The van der Waals surface area contributed by atoms with Crippen LogP contribution in [0, 0.1) is 0 Å². The van der Waals surface area contributed by atoms with Crippen LogP contribution in [0.4, 0.5) is 11.4 Å². The predicted molar refractivity (Wildman–Crippen MR) is 211 cm³/mol. The molecule has 5 aromatic carbocycles. The first-order valence-corrected chi connectivity index (χ1v) is 18.4. The lowest BCUT2D eigenvalue weighted by molar-refractivity contribution is 0.578. The number of aromatic nitrogens is 2. The summed E-state index contributed by atoms with van der Waals surface area (Å²) in [7, 11) is 0. The van der Waals surface area contributed by atoms with Crippen molar-refractivity contribution in [3.05, 3.63) is 133 Å². The highest BCUT2D eigenvalue weighted by atomic mass is 15.1. The van der Waals surface area contributed by atoms with E-state index in [4.69, 9.17) is 9.97 Å². The van der Waals surface area contributed by atoms with E-state index in [1.807, 2.05) is 0 Å². The number of hydrogen-bond donors (Lipinski definition) is 0. The van der Waals surface area contributed by atoms with Gasteiger partial charge in [-0.2, -0.15) is 0 Å². The molecule has 2 saturated heterocycles. The summed E-state index contributed by atoms with van der Waals surface area (Å²) in [4.78, 5) is 15.9. The maximum atomic E-state index is 5.42. The number of benzene rings is 5. The molecule has 9 rings (SSSR count). The van der Waals surface area contributed by atoms with Crippen LogP contribution < -0.4 is 9.80 Å². The molecule has 246 valence electrons. The van der Waals surface area contributed by atoms with Gasteiger partial charge in [0.15, 0.2) is 0 Å². The van der Waals surface area contributed by atoms with Gasteiger partial charge >= 0.3 is 0 Å². The minimum atomic E-state index is 0.933. The van der Waals surface area contributed by atoms with E-state index in [1.54, 1.807) is 0 Å². The van der Waals surface area contributed by atoms with Crippen molar-refractivity contribution < 1.29 is 0 Å². The van der Waals surface area contributed by atoms with Gasteiger partial charge in [0, 0.05) is 59.5 Å². The number of nitrogens with zero attached hydrogens (tertiary/aromatic N) is 4. The maximum Gasteiger partial charge on any atom is 0.0978 e. The molecule has 0 N–H and O–H groups in total. The molecule has 0 unspecified atom stereocenters. The van der Waals surface area contributed by atoms with Crippen LogP contribution >= 0.6 is 0 Å². The van der Waals surface area contributed by atoms with E-state index in [2.05, 4.69) is 143 Å². The van der Waals surface area contributed by atoms with Crippen LogP contribution in [0.25, 0.3) is 66.6 Å². The highest BCUT2D eigenvalue weighted by Gasteiger charge is 2.19. The summed E-state index contributed by atoms with van der Waals surface area (Å²) in [6.45, 7) is 4.56. The summed E-state index contributed by atoms with van der Waals surface area (Å²) in [5, 5.41) is 2.24. The minimum absolute atomic E-state index is 0.933. The maximum absolute atomic E-state index is 5.42. The molecule has 4 nitrogen and oxygen atoms in total. The van der Waals surface area contributed by atoms with Crippen molar-refractivity contribution in [1.82, 2.24) is 9.97 Å². The zero-order valence-electron chi connectivity index (χ0n) is 28.6. The van der Waals surface area contributed by atoms with Crippen molar-refractivity contribution in [3.63, 3.8) is 0 Å². The summed E-state index contributed by atoms with van der Waals surface area (Å²) in [5.41, 5.74) is 13.4. The number of fused-ring (bicyclic) bond motifs is 3. The quantitative estimate of drug-likeness (QED) is 0.168. The molecule has 50 heavy (non-hydrogen) atoms. The minimum Gasteiger partial charge on any atom is -0.372 e. The van der Waals surface area contributed by atoms with Gasteiger partial charge in [0.1, 0.15) is 0 Å². The molecule has 0 amide bonds. The number of hydrogen-bond acceptors (Lipinski definition) is 4. The van der Waals surface area contributed by atoms with Gasteiger partial charge in [-0.25, -0.2) is 9.97 Å². The zero-order valence-corrected chi connectivity index (χ0v) is 28.6. The molecule has 4 heterocycles. The predicted octanol–water partition coefficient (Wildman–Crippen LogP) is 11.4. The summed E-state index contributed by atoms with van der Waals surface area (Å²) in [6.07, 6.45) is 7.75. The Bertz CT molecular complexity index is 2090. The van der Waals surface area contributed by atoms with Gasteiger partial charge in [-0.1, -0.05) is 97.1 Å². The Morgan fingerprint density at radius 2 is 0.740 bits per heavy atom. The Morgan fingerprint density at radius 3 is 1.12 bits per heavy atom. The van der Waals surface area contributed by atoms with Gasteiger partial charge in [0.25, 0.3) is 0 Å². The van der Waals surface area contributed by atoms with Gasteiger partial charge < -0.3 is 9.80 Å². The fourth-order valence-electron chi connectivity index (χ4n) is 7.97. The molecule has 2 aromatic heterocycles. The van der Waals surface area contributed by atoms with Crippen molar-refractivity contribution in [2.24, 2.45) is 0 Å². The summed E-state index contributed by atoms with van der Waals surface area (Å²) >= 11 is 0. The lowest BCUT2D eigenvalue weighted by Gasteiger charge is -2.29. The van der Waals surface area contributed by atoms with E-state index in [0.717, 1.165) is 70.5 Å². The van der Waals surface area contributed by atoms with Crippen molar-refractivity contribution >= 4 is 33.2 Å². The van der Waals surface area contributed by atoms with Crippen molar-refractivity contribution in [3.8, 4) is 44.8 Å². The third-order valence-corrected chi connectivity index (χ3v) is 10.7. The Hall–Kier alpha value is -5.48. The first-order valence-electron chi connectivity index (χ1n) is 18.4. The van der Waals surface area contributed by atoms with E-state index in [-0.39, 0.29) is 0 Å². The lowest BCUT2D eigenvalue weighted by Crippen LogP contribution is -2.29. The SMILES string of the molecule is c1ccc(-c2cc(-c3ccc(N4CCCCC4)cc3)c3ccc4c(-c5ccc(N6CCCCC6)cc5)cc(-c5ccccc5)nc4c3n2)cc1. The second-order valence-electron chi connectivity index (χ2n) is 13.9. The molecule has 4 heteroatoms. The van der Waals surface area contributed by atoms with Crippen LogP contribution in [0.15, 0.2) is 133 Å². The van der Waals surface area contributed by atoms with Gasteiger partial charge in [0.2, 0.25) is 0 Å². The van der Waals surface area contributed by atoms with Crippen LogP contribution in [-0.2, 0) is 0 Å². The topological polar surface area (TPSA) is 32.3 Å². The zero-order chi connectivity index (χ0) is 33.3. The average molecular weight is 651 g/mol. The van der Waals surface area contributed by atoms with Crippen LogP contribution in [-0.4, -0.2) is 36.1 Å². The van der Waals surface area contributed by atoms with Crippen molar-refractivity contribution in [1.29, 1.82) is 0 Å². The molecule has 0 spiro atoms. The third-order valence-electron chi connectivity index (χ3n) is 10.7. The third kappa shape index (κ3) is 5.89. The smallest absolute Gasteiger partial charge is 0.0978 e. The molecule has 0 radical (unpaired) electrons. The first-order chi connectivity index (χ1) is 24.8. The van der Waals surface area contributed by atoms with Gasteiger partial charge in [-0.15, -0.1) is 0 Å². The fraction of sp³-hybridized carbons (Fsp3) is 0.217. The van der Waals surface area contributed by atoms with E-state index >= 15 is 0 Å². The normalized spacial score (nSPS) is 15.1. The van der Waals surface area contributed by atoms with E-state index < -0.39 is 0 Å². The summed E-state index contributed by atoms with van der Waals surface area (Å²) in [6, 6.07) is 48.5. The molecule has 2 aliphatic rings. The number of piperidine rings is 2. The molecule has 0 saturated carbocycles. The Balaban J connectivity index is 1.25. The second-order valence-corrected chi connectivity index (χ2v) is 13.9. The number of pyridine rings is 2. The van der Waals surface area contributed by atoms with E-state index in [0.29, 0.717) is 0 Å². The van der Waals surface area contributed by atoms with Crippen LogP contribution in [0.2, 0.25) is 0 Å². The largest absolute Gasteiger partial charge is 0.372 e. The lowest BCUT2D eigenvalue weighted by atomic mass is 9.93. The molecule has 0 aliphatic carbocycles. The average Bonchev–Trinajstić information content (AvgIpc) is 3.21. The molecular formula is C46H42N4. The van der Waals surface area contributed by atoms with Crippen LogP contribution in [0.5, 0.6) is 0 Å². The molecule has 2 fully saturated rings. The highest BCUT2D eigenvalue weighted by Crippen LogP contribution is 2.40. The summed E-state index contributed by atoms with van der Waals surface area (Å²) in [5.74, 6) is 0. The first kappa shape index (κ1) is 30.6. The molecular weight excluding hydrogens is 609 g/mol. The second kappa shape index (κ2) is 13.4. The molecule has 0 bridgehead atoms. The van der Waals surface area contributed by atoms with Gasteiger partial charge in [-0.3, -0.25) is 0 Å².